The minimum absolute atomic E-state index is 0.0743. The second-order valence-electron chi connectivity index (χ2n) is 3.96. The summed E-state index contributed by atoms with van der Waals surface area (Å²) in [5.41, 5.74) is 0. The van der Waals surface area contributed by atoms with Gasteiger partial charge in [-0.1, -0.05) is 12.2 Å². The van der Waals surface area contributed by atoms with Gasteiger partial charge in [0, 0.05) is 0 Å². The molecule has 0 bridgehead atoms. The van der Waals surface area contributed by atoms with Crippen molar-refractivity contribution in [1.82, 2.24) is 0 Å². The number of aliphatic hydroxyl groups excluding tert-OH is 3. The van der Waals surface area contributed by atoms with Crippen molar-refractivity contribution in [3.63, 3.8) is 0 Å². The average Bonchev–Trinajstić information content (AvgIpc) is 2.36. The Labute approximate surface area is 106 Å². The molecule has 5 atom stereocenters. The molecule has 6 heteroatoms. The van der Waals surface area contributed by atoms with Gasteiger partial charge < -0.3 is 29.5 Å². The molecule has 0 aromatic heterocycles. The molecule has 0 radical (unpaired) electrons. The van der Waals surface area contributed by atoms with E-state index in [0.717, 1.165) is 0 Å². The van der Waals surface area contributed by atoms with Crippen molar-refractivity contribution < 1.29 is 29.5 Å². The Morgan fingerprint density at radius 1 is 1.06 bits per heavy atom. The van der Waals surface area contributed by atoms with E-state index in [9.17, 15) is 15.3 Å². The van der Waals surface area contributed by atoms with Crippen LogP contribution in [-0.2, 0) is 14.2 Å². The Kier molecular flexibility index (Phi) is 6.48. The van der Waals surface area contributed by atoms with Crippen molar-refractivity contribution in [2.24, 2.45) is 0 Å². The molecular formula is C12H20O6. The molecule has 1 fully saturated rings. The van der Waals surface area contributed by atoms with E-state index in [2.05, 4.69) is 13.2 Å². The first-order chi connectivity index (χ1) is 8.61. The van der Waals surface area contributed by atoms with Gasteiger partial charge >= 0.3 is 0 Å². The van der Waals surface area contributed by atoms with E-state index < -0.39 is 30.7 Å². The molecule has 0 aromatic carbocycles. The molecule has 1 aliphatic heterocycles. The van der Waals surface area contributed by atoms with Crippen molar-refractivity contribution in [3.8, 4) is 0 Å². The first-order valence-corrected chi connectivity index (χ1v) is 5.72. The van der Waals surface area contributed by atoms with Crippen LogP contribution in [0.5, 0.6) is 0 Å². The van der Waals surface area contributed by atoms with Crippen LogP contribution in [0.1, 0.15) is 0 Å². The van der Waals surface area contributed by atoms with Crippen LogP contribution in [0.4, 0.5) is 0 Å². The molecule has 1 heterocycles. The molecule has 1 saturated heterocycles. The van der Waals surface area contributed by atoms with Gasteiger partial charge in [-0.2, -0.15) is 0 Å². The Bertz CT molecular complexity index is 269. The first kappa shape index (κ1) is 15.3. The molecule has 0 spiro atoms. The standard InChI is InChI=1S/C12H20O6/c1-3-5-16-7-8-9(13)11(17-6-4-2)10(14)12(15)18-8/h3-4,8-15H,1-2,5-7H2/t8-,9+,10-,11+,12+/m1/s1. The monoisotopic (exact) mass is 260 g/mol. The van der Waals surface area contributed by atoms with E-state index in [1.165, 1.54) is 6.08 Å². The molecular weight excluding hydrogens is 240 g/mol. The summed E-state index contributed by atoms with van der Waals surface area (Å²) >= 11 is 0. The topological polar surface area (TPSA) is 88.4 Å². The fourth-order valence-electron chi connectivity index (χ4n) is 1.70. The predicted molar refractivity (Wildman–Crippen MR) is 63.8 cm³/mol. The van der Waals surface area contributed by atoms with Gasteiger partial charge in [0.25, 0.3) is 0 Å². The lowest BCUT2D eigenvalue weighted by Gasteiger charge is -2.40. The van der Waals surface area contributed by atoms with Crippen molar-refractivity contribution in [3.05, 3.63) is 25.3 Å². The number of aliphatic hydroxyl groups is 3. The highest BCUT2D eigenvalue weighted by Crippen LogP contribution is 2.22. The second-order valence-corrected chi connectivity index (χ2v) is 3.96. The predicted octanol–water partition coefficient (Wildman–Crippen LogP) is -0.801. The molecule has 104 valence electrons. The first-order valence-electron chi connectivity index (χ1n) is 5.72. The molecule has 3 N–H and O–H groups in total. The van der Waals surface area contributed by atoms with E-state index in [0.29, 0.717) is 6.61 Å². The van der Waals surface area contributed by atoms with E-state index in [1.807, 2.05) is 0 Å². The Balaban J connectivity index is 2.58. The fourth-order valence-corrected chi connectivity index (χ4v) is 1.70. The van der Waals surface area contributed by atoms with Crippen LogP contribution >= 0.6 is 0 Å². The molecule has 0 aromatic rings. The second kappa shape index (κ2) is 7.63. The van der Waals surface area contributed by atoms with Crippen LogP contribution in [0.2, 0.25) is 0 Å². The van der Waals surface area contributed by atoms with Crippen molar-refractivity contribution in [2.75, 3.05) is 19.8 Å². The quantitative estimate of drug-likeness (QED) is 0.410. The lowest BCUT2D eigenvalue weighted by molar-refractivity contribution is -0.294. The number of rotatable bonds is 7. The average molecular weight is 260 g/mol. The summed E-state index contributed by atoms with van der Waals surface area (Å²) in [5, 5.41) is 29.2. The molecule has 6 nitrogen and oxygen atoms in total. The van der Waals surface area contributed by atoms with E-state index in [4.69, 9.17) is 14.2 Å². The normalized spacial score (nSPS) is 36.3. The molecule has 18 heavy (non-hydrogen) atoms. The maximum atomic E-state index is 9.98. The van der Waals surface area contributed by atoms with Gasteiger partial charge in [0.1, 0.15) is 24.4 Å². The lowest BCUT2D eigenvalue weighted by atomic mass is 9.99. The summed E-state index contributed by atoms with van der Waals surface area (Å²) < 4.78 is 15.4. The highest BCUT2D eigenvalue weighted by Gasteiger charge is 2.44. The third-order valence-electron chi connectivity index (χ3n) is 2.58. The summed E-state index contributed by atoms with van der Waals surface area (Å²) in [6, 6.07) is 0. The molecule has 0 amide bonds. The number of ether oxygens (including phenoxy) is 3. The lowest BCUT2D eigenvalue weighted by Crippen LogP contribution is -2.59. The fraction of sp³-hybridized carbons (Fsp3) is 0.667. The molecule has 0 unspecified atom stereocenters. The van der Waals surface area contributed by atoms with Gasteiger partial charge in [0.2, 0.25) is 0 Å². The zero-order chi connectivity index (χ0) is 13.5. The van der Waals surface area contributed by atoms with E-state index in [1.54, 1.807) is 6.08 Å². The van der Waals surface area contributed by atoms with Crippen LogP contribution in [0.3, 0.4) is 0 Å². The van der Waals surface area contributed by atoms with Crippen LogP contribution in [0.25, 0.3) is 0 Å². The Hall–Kier alpha value is -0.760. The van der Waals surface area contributed by atoms with Crippen LogP contribution in [-0.4, -0.2) is 65.8 Å². The van der Waals surface area contributed by atoms with E-state index in [-0.39, 0.29) is 13.2 Å². The zero-order valence-corrected chi connectivity index (χ0v) is 10.1. The number of hydrogen-bond acceptors (Lipinski definition) is 6. The smallest absolute Gasteiger partial charge is 0.184 e. The van der Waals surface area contributed by atoms with Gasteiger partial charge in [-0.05, 0) is 0 Å². The van der Waals surface area contributed by atoms with Crippen LogP contribution in [0.15, 0.2) is 25.3 Å². The Morgan fingerprint density at radius 2 is 1.72 bits per heavy atom. The summed E-state index contributed by atoms with van der Waals surface area (Å²) in [5.74, 6) is 0. The SMILES string of the molecule is C=CCOC[C@H]1O[C@H](O)[C@H](O)[C@@H](OCC=C)[C@H]1O. The highest BCUT2D eigenvalue weighted by atomic mass is 16.7. The van der Waals surface area contributed by atoms with Gasteiger partial charge in [-0.15, -0.1) is 13.2 Å². The highest BCUT2D eigenvalue weighted by molar-refractivity contribution is 4.90. The summed E-state index contributed by atoms with van der Waals surface area (Å²) in [4.78, 5) is 0. The van der Waals surface area contributed by atoms with Crippen molar-refractivity contribution >= 4 is 0 Å². The van der Waals surface area contributed by atoms with Crippen molar-refractivity contribution in [2.45, 2.75) is 30.7 Å². The molecule has 0 saturated carbocycles. The summed E-state index contributed by atoms with van der Waals surface area (Å²) in [7, 11) is 0. The molecule has 0 aliphatic carbocycles. The van der Waals surface area contributed by atoms with E-state index >= 15 is 0 Å². The van der Waals surface area contributed by atoms with Gasteiger partial charge in [-0.3, -0.25) is 0 Å². The summed E-state index contributed by atoms with van der Waals surface area (Å²) in [6.45, 7) is 7.51. The van der Waals surface area contributed by atoms with Gasteiger partial charge in [0.05, 0.1) is 19.8 Å². The third-order valence-corrected chi connectivity index (χ3v) is 2.58. The molecule has 1 aliphatic rings. The minimum Gasteiger partial charge on any atom is -0.387 e. The Morgan fingerprint density at radius 3 is 2.33 bits per heavy atom. The molecule has 1 rings (SSSR count). The zero-order valence-electron chi connectivity index (χ0n) is 10.1. The maximum Gasteiger partial charge on any atom is 0.184 e. The number of hydrogen-bond donors (Lipinski definition) is 3. The van der Waals surface area contributed by atoms with Crippen LogP contribution in [0, 0.1) is 0 Å². The van der Waals surface area contributed by atoms with Crippen LogP contribution < -0.4 is 0 Å². The largest absolute Gasteiger partial charge is 0.387 e. The summed E-state index contributed by atoms with van der Waals surface area (Å²) in [6.07, 6.45) is -2.47. The maximum absolute atomic E-state index is 9.98. The van der Waals surface area contributed by atoms with Gasteiger partial charge in [-0.25, -0.2) is 0 Å². The van der Waals surface area contributed by atoms with Gasteiger partial charge in [0.15, 0.2) is 6.29 Å². The van der Waals surface area contributed by atoms with Crippen molar-refractivity contribution in [1.29, 1.82) is 0 Å². The minimum atomic E-state index is -1.42. The third kappa shape index (κ3) is 3.88.